The van der Waals surface area contributed by atoms with Crippen LogP contribution in [0.5, 0.6) is 0 Å². The fourth-order valence-electron chi connectivity index (χ4n) is 3.66. The van der Waals surface area contributed by atoms with E-state index in [1.54, 1.807) is 13.0 Å². The molecule has 0 N–H and O–H groups in total. The fourth-order valence-corrected chi connectivity index (χ4v) is 4.49. The summed E-state index contributed by atoms with van der Waals surface area (Å²) in [5.41, 5.74) is 4.28. The number of para-hydroxylation sites is 1. The second-order valence-corrected chi connectivity index (χ2v) is 9.18. The van der Waals surface area contributed by atoms with Crippen molar-refractivity contribution in [1.82, 2.24) is 9.47 Å². The van der Waals surface area contributed by atoms with E-state index in [-0.39, 0.29) is 12.6 Å². The van der Waals surface area contributed by atoms with E-state index in [9.17, 15) is 14.4 Å². The first-order valence-electron chi connectivity index (χ1n) is 10.9. The Bertz CT molecular complexity index is 1240. The summed E-state index contributed by atoms with van der Waals surface area (Å²) < 4.78 is 7.36. The van der Waals surface area contributed by atoms with Gasteiger partial charge in [-0.2, -0.15) is 0 Å². The normalized spacial score (nSPS) is 16.1. The highest BCUT2D eigenvalue weighted by Crippen LogP contribution is 2.34. The van der Waals surface area contributed by atoms with Crippen LogP contribution in [0.4, 0.5) is 4.79 Å². The second kappa shape index (κ2) is 9.67. The van der Waals surface area contributed by atoms with Gasteiger partial charge in [-0.25, -0.2) is 0 Å². The molecule has 6 nitrogen and oxygen atoms in total. The minimum absolute atomic E-state index is 0.257. The molecule has 0 spiro atoms. The van der Waals surface area contributed by atoms with Gasteiger partial charge in [0.25, 0.3) is 11.1 Å². The number of esters is 1. The lowest BCUT2D eigenvalue weighted by Gasteiger charge is -2.14. The number of hydrogen-bond donors (Lipinski definition) is 0. The second-order valence-electron chi connectivity index (χ2n) is 8.19. The fraction of sp³-hybridized carbons (Fsp3) is 0.269. The number of fused-ring (bicyclic) bond motifs is 1. The minimum Gasteiger partial charge on any atom is -0.461 e. The average Bonchev–Trinajstić information content (AvgIpc) is 3.27. The third kappa shape index (κ3) is 5.03. The molecule has 1 aliphatic heterocycles. The van der Waals surface area contributed by atoms with E-state index in [4.69, 9.17) is 4.74 Å². The number of benzene rings is 2. The van der Waals surface area contributed by atoms with Crippen molar-refractivity contribution in [1.29, 1.82) is 0 Å². The molecule has 7 heteroatoms. The van der Waals surface area contributed by atoms with Crippen molar-refractivity contribution in [2.24, 2.45) is 0 Å². The van der Waals surface area contributed by atoms with Gasteiger partial charge in [-0.3, -0.25) is 19.3 Å². The summed E-state index contributed by atoms with van der Waals surface area (Å²) in [7, 11) is 0. The first kappa shape index (κ1) is 22.9. The van der Waals surface area contributed by atoms with E-state index in [1.807, 2.05) is 37.4 Å². The maximum absolute atomic E-state index is 12.9. The Morgan fingerprint density at radius 1 is 1.12 bits per heavy atom. The molecule has 2 amide bonds. The molecule has 0 bridgehead atoms. The van der Waals surface area contributed by atoms with Crippen LogP contribution in [0.2, 0.25) is 0 Å². The molecule has 1 aromatic heterocycles. The molecule has 3 aromatic rings. The minimum atomic E-state index is -0.581. The van der Waals surface area contributed by atoms with Crippen molar-refractivity contribution < 1.29 is 19.1 Å². The summed E-state index contributed by atoms with van der Waals surface area (Å²) in [5.74, 6) is -1.05. The van der Waals surface area contributed by atoms with Crippen LogP contribution >= 0.6 is 11.8 Å². The maximum atomic E-state index is 12.9. The quantitative estimate of drug-likeness (QED) is 0.348. The molecular weight excluding hydrogens is 436 g/mol. The van der Waals surface area contributed by atoms with Gasteiger partial charge in [-0.15, -0.1) is 0 Å². The van der Waals surface area contributed by atoms with E-state index in [2.05, 4.69) is 35.8 Å². The van der Waals surface area contributed by atoms with Crippen LogP contribution in [0.25, 0.3) is 17.0 Å². The summed E-state index contributed by atoms with van der Waals surface area (Å²) in [5, 5.41) is 0.531. The van der Waals surface area contributed by atoms with Gasteiger partial charge in [-0.05, 0) is 49.7 Å². The van der Waals surface area contributed by atoms with Crippen molar-refractivity contribution in [2.45, 2.75) is 39.8 Å². The van der Waals surface area contributed by atoms with E-state index in [0.29, 0.717) is 17.9 Å². The van der Waals surface area contributed by atoms with Crippen LogP contribution in [0.15, 0.2) is 59.6 Å². The number of imide groups is 1. The number of aryl methyl sites for hydroxylation is 1. The van der Waals surface area contributed by atoms with Gasteiger partial charge in [-0.1, -0.05) is 55.0 Å². The Kier molecular flexibility index (Phi) is 6.70. The van der Waals surface area contributed by atoms with Gasteiger partial charge >= 0.3 is 5.97 Å². The van der Waals surface area contributed by atoms with Gasteiger partial charge in [0.2, 0.25) is 0 Å². The highest BCUT2D eigenvalue weighted by molar-refractivity contribution is 8.18. The number of carbonyl (C=O) groups is 3. The predicted octanol–water partition coefficient (Wildman–Crippen LogP) is 5.38. The number of amides is 2. The Morgan fingerprint density at radius 3 is 2.58 bits per heavy atom. The van der Waals surface area contributed by atoms with Crippen LogP contribution in [0, 0.1) is 6.92 Å². The standard InChI is InChI=1S/C26H26N2O4S/c1-4-18(3)32-24(29)16-28-25(30)23(33-26(28)31)13-20-15-27(22-8-6-5-7-21(20)22)14-19-11-9-17(2)10-12-19/h5-13,15,18H,4,14,16H2,1-3H3/b23-13-/t18-/m1/s1. The molecule has 33 heavy (non-hydrogen) atoms. The zero-order valence-electron chi connectivity index (χ0n) is 18.9. The van der Waals surface area contributed by atoms with Crippen molar-refractivity contribution in [3.05, 3.63) is 76.3 Å². The van der Waals surface area contributed by atoms with E-state index in [0.717, 1.165) is 33.1 Å². The summed E-state index contributed by atoms with van der Waals surface area (Å²) in [6.45, 7) is 6.05. The van der Waals surface area contributed by atoms with Crippen molar-refractivity contribution >= 4 is 45.9 Å². The molecule has 1 atom stereocenters. The lowest BCUT2D eigenvalue weighted by atomic mass is 10.1. The summed E-state index contributed by atoms with van der Waals surface area (Å²) in [4.78, 5) is 38.7. The highest BCUT2D eigenvalue weighted by atomic mass is 32.2. The highest BCUT2D eigenvalue weighted by Gasteiger charge is 2.37. The zero-order valence-corrected chi connectivity index (χ0v) is 19.7. The number of rotatable bonds is 7. The van der Waals surface area contributed by atoms with Crippen LogP contribution in [-0.2, 0) is 20.9 Å². The molecule has 0 unspecified atom stereocenters. The monoisotopic (exact) mass is 462 g/mol. The Hall–Kier alpha value is -3.32. The lowest BCUT2D eigenvalue weighted by Crippen LogP contribution is -2.35. The van der Waals surface area contributed by atoms with Crippen LogP contribution < -0.4 is 0 Å². The molecular formula is C26H26N2O4S. The van der Waals surface area contributed by atoms with E-state index >= 15 is 0 Å². The van der Waals surface area contributed by atoms with Crippen LogP contribution in [-0.4, -0.2) is 39.2 Å². The molecule has 2 heterocycles. The number of ether oxygens (including phenoxy) is 1. The third-order valence-electron chi connectivity index (χ3n) is 5.65. The number of hydrogen-bond acceptors (Lipinski definition) is 5. The average molecular weight is 463 g/mol. The topological polar surface area (TPSA) is 68.6 Å². The SMILES string of the molecule is CC[C@@H](C)OC(=O)CN1C(=O)S/C(=C\c2cn(Cc3ccc(C)cc3)c3ccccc23)C1=O. The molecule has 2 aromatic carbocycles. The molecule has 4 rings (SSSR count). The number of nitrogens with zero attached hydrogens (tertiary/aromatic N) is 2. The Morgan fingerprint density at radius 2 is 1.85 bits per heavy atom. The molecule has 0 aliphatic carbocycles. The summed E-state index contributed by atoms with van der Waals surface area (Å²) in [6.07, 6.45) is 4.14. The van der Waals surface area contributed by atoms with Gasteiger partial charge in [0.1, 0.15) is 6.54 Å². The molecule has 1 fully saturated rings. The summed E-state index contributed by atoms with van der Waals surface area (Å²) >= 11 is 0.848. The van der Waals surface area contributed by atoms with E-state index in [1.165, 1.54) is 11.1 Å². The van der Waals surface area contributed by atoms with Gasteiger partial charge in [0.05, 0.1) is 11.0 Å². The van der Waals surface area contributed by atoms with Crippen LogP contribution in [0.1, 0.15) is 37.0 Å². The third-order valence-corrected chi connectivity index (χ3v) is 6.56. The van der Waals surface area contributed by atoms with Gasteiger partial charge in [0, 0.05) is 29.2 Å². The molecule has 1 aliphatic rings. The van der Waals surface area contributed by atoms with Crippen molar-refractivity contribution in [3.63, 3.8) is 0 Å². The molecule has 0 saturated carbocycles. The first-order chi connectivity index (χ1) is 15.9. The number of aromatic nitrogens is 1. The lowest BCUT2D eigenvalue weighted by molar-refractivity contribution is -0.150. The molecule has 1 saturated heterocycles. The van der Waals surface area contributed by atoms with Crippen molar-refractivity contribution in [2.75, 3.05) is 6.54 Å². The summed E-state index contributed by atoms with van der Waals surface area (Å²) in [6, 6.07) is 16.4. The first-order valence-corrected chi connectivity index (χ1v) is 11.8. The Balaban J connectivity index is 1.60. The van der Waals surface area contributed by atoms with Crippen molar-refractivity contribution in [3.8, 4) is 0 Å². The largest absolute Gasteiger partial charge is 0.461 e. The molecule has 170 valence electrons. The van der Waals surface area contributed by atoms with E-state index < -0.39 is 17.1 Å². The number of carbonyl (C=O) groups excluding carboxylic acids is 3. The smallest absolute Gasteiger partial charge is 0.326 e. The van der Waals surface area contributed by atoms with Crippen LogP contribution in [0.3, 0.4) is 0 Å². The van der Waals surface area contributed by atoms with Gasteiger partial charge < -0.3 is 9.30 Å². The maximum Gasteiger partial charge on any atom is 0.326 e. The zero-order chi connectivity index (χ0) is 23.5. The van der Waals surface area contributed by atoms with Gasteiger partial charge in [0.15, 0.2) is 0 Å². The number of thioether (sulfide) groups is 1. The predicted molar refractivity (Wildman–Crippen MR) is 131 cm³/mol. The Labute approximate surface area is 197 Å². The molecule has 0 radical (unpaired) electrons.